The van der Waals surface area contributed by atoms with Gasteiger partial charge in [0.15, 0.2) is 16.3 Å². The summed E-state index contributed by atoms with van der Waals surface area (Å²) in [7, 11) is 3.20. The number of carbonyl (C=O) groups is 1. The Morgan fingerprint density at radius 3 is 2.57 bits per heavy atom. The van der Waals surface area contributed by atoms with Crippen LogP contribution in [-0.2, 0) is 13.0 Å². The average molecular weight is 631 g/mol. The zero-order chi connectivity index (χ0) is 31.8. The predicted molar refractivity (Wildman–Crippen MR) is 176 cm³/mol. The van der Waals surface area contributed by atoms with Crippen LogP contribution in [0.3, 0.4) is 0 Å². The number of thiazole rings is 1. The fourth-order valence-electron chi connectivity index (χ4n) is 6.11. The summed E-state index contributed by atoms with van der Waals surface area (Å²) in [4.78, 5) is 31.2. The van der Waals surface area contributed by atoms with Crippen LogP contribution >= 0.6 is 11.3 Å². The fraction of sp³-hybridized carbons (Fsp3) is 0.162. The molecule has 0 spiro atoms. The monoisotopic (exact) mass is 630 g/mol. The van der Waals surface area contributed by atoms with Crippen molar-refractivity contribution in [3.63, 3.8) is 0 Å². The molecule has 9 heteroatoms. The second-order valence-corrected chi connectivity index (χ2v) is 12.1. The van der Waals surface area contributed by atoms with Crippen molar-refractivity contribution >= 4 is 29.1 Å². The molecule has 5 aromatic rings. The normalized spacial score (nSPS) is 15.3. The van der Waals surface area contributed by atoms with E-state index in [9.17, 15) is 14.7 Å². The maximum atomic E-state index is 14.1. The first-order chi connectivity index (χ1) is 22.4. The standard InChI is InChI=1S/C37H30N2O6S/c1-43-27-14-11-25(12-15-27)34-29-16-13-24-7-3-4-9-28(24)33(29)38-37-39(34)35(40)32(46-37)20-22-10-17-30(31(19-22)44-2)45-21-23-6-5-8-26(18-23)36(41)42/h3-12,14-15,17-20,34H,13,16,21H2,1-2H3,(H,41,42)/b32-20-/t34-/m1/s1. The Kier molecular flexibility index (Phi) is 7.76. The topological polar surface area (TPSA) is 99.4 Å². The highest BCUT2D eigenvalue weighted by atomic mass is 32.1. The maximum absolute atomic E-state index is 14.1. The van der Waals surface area contributed by atoms with Crippen molar-refractivity contribution in [2.24, 2.45) is 4.99 Å². The number of allylic oxidation sites excluding steroid dienone is 1. The van der Waals surface area contributed by atoms with Crippen molar-refractivity contribution < 1.29 is 24.1 Å². The molecule has 7 rings (SSSR count). The minimum absolute atomic E-state index is 0.104. The molecule has 1 aromatic heterocycles. The predicted octanol–water partition coefficient (Wildman–Crippen LogP) is 5.61. The van der Waals surface area contributed by atoms with Crippen LogP contribution in [0.5, 0.6) is 17.2 Å². The van der Waals surface area contributed by atoms with Crippen molar-refractivity contribution in [1.82, 2.24) is 4.57 Å². The molecule has 1 N–H and O–H groups in total. The van der Waals surface area contributed by atoms with E-state index >= 15 is 0 Å². The van der Waals surface area contributed by atoms with Crippen molar-refractivity contribution in [1.29, 1.82) is 0 Å². The van der Waals surface area contributed by atoms with E-state index in [-0.39, 0.29) is 23.8 Å². The molecule has 230 valence electrons. The second kappa shape index (κ2) is 12.2. The number of carboxylic acid groups (broad SMARTS) is 1. The van der Waals surface area contributed by atoms with Crippen LogP contribution in [-0.4, -0.2) is 29.9 Å². The molecule has 0 radical (unpaired) electrons. The van der Waals surface area contributed by atoms with Crippen LogP contribution in [0.2, 0.25) is 0 Å². The second-order valence-electron chi connectivity index (χ2n) is 11.1. The molecule has 0 bridgehead atoms. The van der Waals surface area contributed by atoms with E-state index in [1.165, 1.54) is 16.9 Å². The van der Waals surface area contributed by atoms with Crippen LogP contribution in [0, 0.1) is 0 Å². The van der Waals surface area contributed by atoms with Gasteiger partial charge in [-0.15, -0.1) is 0 Å². The first kappa shape index (κ1) is 29.3. The van der Waals surface area contributed by atoms with Gasteiger partial charge in [0.2, 0.25) is 0 Å². The van der Waals surface area contributed by atoms with Gasteiger partial charge in [0.25, 0.3) is 5.56 Å². The number of aryl methyl sites for hydroxylation is 1. The third-order valence-corrected chi connectivity index (χ3v) is 9.34. The summed E-state index contributed by atoms with van der Waals surface area (Å²) in [5.74, 6) is 0.774. The van der Waals surface area contributed by atoms with E-state index in [0.717, 1.165) is 52.1 Å². The summed E-state index contributed by atoms with van der Waals surface area (Å²) in [6.07, 6.45) is 3.56. The van der Waals surface area contributed by atoms with E-state index in [1.54, 1.807) is 38.5 Å². The molecule has 2 aliphatic rings. The summed E-state index contributed by atoms with van der Waals surface area (Å²) in [5.41, 5.74) is 7.08. The number of rotatable bonds is 8. The first-order valence-corrected chi connectivity index (χ1v) is 15.7. The van der Waals surface area contributed by atoms with Gasteiger partial charge in [-0.2, -0.15) is 0 Å². The molecular weight excluding hydrogens is 600 g/mol. The number of ether oxygens (including phenoxy) is 3. The molecule has 1 atom stereocenters. The highest BCUT2D eigenvalue weighted by Crippen LogP contribution is 2.41. The van der Waals surface area contributed by atoms with Crippen molar-refractivity contribution in [2.75, 3.05) is 14.2 Å². The fourth-order valence-corrected chi connectivity index (χ4v) is 7.11. The molecule has 0 saturated carbocycles. The first-order valence-electron chi connectivity index (χ1n) is 14.8. The van der Waals surface area contributed by atoms with Crippen molar-refractivity contribution in [3.8, 4) is 17.2 Å². The van der Waals surface area contributed by atoms with Gasteiger partial charge in [-0.25, -0.2) is 9.79 Å². The molecule has 0 unspecified atom stereocenters. The Morgan fingerprint density at radius 1 is 0.957 bits per heavy atom. The third kappa shape index (κ3) is 5.39. The SMILES string of the molecule is COc1ccc([C@@H]2C3=C(N=c4s/c(=C\c5ccc(OCc6cccc(C(=O)O)c6)c(OC)c5)c(=O)n42)c2ccccc2CC3)cc1. The number of hydrogen-bond donors (Lipinski definition) is 1. The Morgan fingerprint density at radius 2 is 1.78 bits per heavy atom. The molecule has 1 aliphatic carbocycles. The molecule has 0 fully saturated rings. The van der Waals surface area contributed by atoms with Gasteiger partial charge in [-0.3, -0.25) is 9.36 Å². The third-order valence-electron chi connectivity index (χ3n) is 8.36. The minimum Gasteiger partial charge on any atom is -0.497 e. The lowest BCUT2D eigenvalue weighted by Gasteiger charge is -2.30. The van der Waals surface area contributed by atoms with E-state index in [2.05, 4.69) is 18.2 Å². The van der Waals surface area contributed by atoms with E-state index < -0.39 is 5.97 Å². The van der Waals surface area contributed by atoms with Gasteiger partial charge in [0, 0.05) is 5.56 Å². The molecule has 1 aliphatic heterocycles. The lowest BCUT2D eigenvalue weighted by atomic mass is 9.83. The quantitative estimate of drug-likeness (QED) is 0.239. The highest BCUT2D eigenvalue weighted by Gasteiger charge is 2.32. The number of aromatic nitrogens is 1. The Balaban J connectivity index is 1.27. The Bertz CT molecular complexity index is 2200. The van der Waals surface area contributed by atoms with Crippen LogP contribution in [0.25, 0.3) is 11.8 Å². The molecule has 2 heterocycles. The summed E-state index contributed by atoms with van der Waals surface area (Å²) < 4.78 is 19.4. The number of benzene rings is 4. The van der Waals surface area contributed by atoms with Crippen LogP contribution in [0.4, 0.5) is 0 Å². The van der Waals surface area contributed by atoms with Crippen LogP contribution in [0.15, 0.2) is 106 Å². The largest absolute Gasteiger partial charge is 0.497 e. The highest BCUT2D eigenvalue weighted by molar-refractivity contribution is 7.07. The zero-order valence-electron chi connectivity index (χ0n) is 25.2. The zero-order valence-corrected chi connectivity index (χ0v) is 26.0. The number of hydrogen-bond acceptors (Lipinski definition) is 7. The molecule has 0 amide bonds. The van der Waals surface area contributed by atoms with Gasteiger partial charge >= 0.3 is 5.97 Å². The van der Waals surface area contributed by atoms with Gasteiger partial charge < -0.3 is 19.3 Å². The molecule has 46 heavy (non-hydrogen) atoms. The average Bonchev–Trinajstić information content (AvgIpc) is 3.40. The van der Waals surface area contributed by atoms with Crippen molar-refractivity contribution in [3.05, 3.63) is 150 Å². The van der Waals surface area contributed by atoms with Crippen molar-refractivity contribution in [2.45, 2.75) is 25.5 Å². The summed E-state index contributed by atoms with van der Waals surface area (Å²) >= 11 is 1.37. The molecular formula is C37H30N2O6S. The summed E-state index contributed by atoms with van der Waals surface area (Å²) in [6, 6.07) is 28.1. The van der Waals surface area contributed by atoms with Crippen LogP contribution < -0.4 is 29.1 Å². The van der Waals surface area contributed by atoms with Crippen LogP contribution in [0.1, 0.15) is 50.6 Å². The Labute approximate surface area is 268 Å². The summed E-state index contributed by atoms with van der Waals surface area (Å²) in [5, 5.41) is 9.29. The number of aromatic carboxylic acids is 1. The smallest absolute Gasteiger partial charge is 0.335 e. The van der Waals surface area contributed by atoms with E-state index in [0.29, 0.717) is 20.8 Å². The molecule has 0 saturated heterocycles. The number of methoxy groups -OCH3 is 2. The van der Waals surface area contributed by atoms with E-state index in [4.69, 9.17) is 19.2 Å². The number of nitrogens with zero attached hydrogens (tertiary/aromatic N) is 2. The van der Waals surface area contributed by atoms with Gasteiger partial charge in [0.05, 0.1) is 36.1 Å². The lowest BCUT2D eigenvalue weighted by Crippen LogP contribution is -2.38. The minimum atomic E-state index is -0.991. The molecule has 8 nitrogen and oxygen atoms in total. The van der Waals surface area contributed by atoms with Gasteiger partial charge in [0.1, 0.15) is 12.4 Å². The van der Waals surface area contributed by atoms with Gasteiger partial charge in [-0.05, 0) is 83.1 Å². The van der Waals surface area contributed by atoms with Gasteiger partial charge in [-0.1, -0.05) is 65.9 Å². The number of carboxylic acids is 1. The maximum Gasteiger partial charge on any atom is 0.335 e. The van der Waals surface area contributed by atoms with E-state index in [1.807, 2.05) is 59.2 Å². The molecule has 4 aromatic carbocycles. The number of fused-ring (bicyclic) bond motifs is 3. The summed E-state index contributed by atoms with van der Waals surface area (Å²) in [6.45, 7) is 0.175. The lowest BCUT2D eigenvalue weighted by molar-refractivity contribution is 0.0696. The Hall–Kier alpha value is -5.41.